The highest BCUT2D eigenvalue weighted by Gasteiger charge is 2.21. The molecular weight excluding hydrogens is 253 g/mol. The quantitative estimate of drug-likeness (QED) is 0.891. The van der Waals surface area contributed by atoms with E-state index in [2.05, 4.69) is 5.32 Å². The normalized spacial score (nSPS) is 14.3. The Bertz CT molecular complexity index is 431. The molecule has 0 saturated carbocycles. The van der Waals surface area contributed by atoms with E-state index in [1.165, 1.54) is 24.3 Å². The summed E-state index contributed by atoms with van der Waals surface area (Å²) >= 11 is 0. The maximum absolute atomic E-state index is 12.7. The van der Waals surface area contributed by atoms with Crippen LogP contribution in [0.15, 0.2) is 29.2 Å². The van der Waals surface area contributed by atoms with E-state index in [0.29, 0.717) is 17.4 Å². The molecule has 2 atom stereocenters. The Kier molecular flexibility index (Phi) is 5.47. The van der Waals surface area contributed by atoms with E-state index in [0.717, 1.165) is 0 Å². The zero-order valence-corrected chi connectivity index (χ0v) is 11.6. The summed E-state index contributed by atoms with van der Waals surface area (Å²) in [7, 11) is -1.46. The van der Waals surface area contributed by atoms with E-state index in [1.54, 1.807) is 6.92 Å². The highest BCUT2D eigenvalue weighted by molar-refractivity contribution is 7.86. The van der Waals surface area contributed by atoms with E-state index in [4.69, 9.17) is 0 Å². The highest BCUT2D eigenvalue weighted by atomic mass is 32.2. The Morgan fingerprint density at radius 2 is 1.83 bits per heavy atom. The van der Waals surface area contributed by atoms with Gasteiger partial charge in [-0.2, -0.15) is 0 Å². The number of halogens is 1. The zero-order chi connectivity index (χ0) is 13.7. The molecule has 1 rings (SSSR count). The summed E-state index contributed by atoms with van der Waals surface area (Å²) in [6.45, 7) is 6.14. The first kappa shape index (κ1) is 14.8. The molecule has 2 unspecified atom stereocenters. The van der Waals surface area contributed by atoms with Gasteiger partial charge < -0.3 is 5.32 Å². The highest BCUT2D eigenvalue weighted by Crippen LogP contribution is 2.12. The summed E-state index contributed by atoms with van der Waals surface area (Å²) in [4.78, 5) is 12.2. The van der Waals surface area contributed by atoms with Crippen molar-refractivity contribution in [3.05, 3.63) is 30.1 Å². The standard InChI is InChI=1S/C13H18FNO2S/c1-9(2)8-15-13(16)10(3)18(17)12-6-4-11(14)5-7-12/h4-7,9-10H,8H2,1-3H3,(H,15,16). The Morgan fingerprint density at radius 3 is 2.33 bits per heavy atom. The topological polar surface area (TPSA) is 46.2 Å². The Hall–Kier alpha value is -1.23. The molecule has 1 aromatic carbocycles. The molecule has 0 aromatic heterocycles. The van der Waals surface area contributed by atoms with Gasteiger partial charge in [0.1, 0.15) is 11.1 Å². The van der Waals surface area contributed by atoms with Crippen LogP contribution in [0.2, 0.25) is 0 Å². The van der Waals surface area contributed by atoms with E-state index in [-0.39, 0.29) is 11.7 Å². The molecular formula is C13H18FNO2S. The minimum Gasteiger partial charge on any atom is -0.355 e. The minimum absolute atomic E-state index is 0.244. The van der Waals surface area contributed by atoms with Crippen LogP contribution in [-0.2, 0) is 15.6 Å². The number of benzene rings is 1. The first-order valence-electron chi connectivity index (χ1n) is 5.85. The van der Waals surface area contributed by atoms with Crippen molar-refractivity contribution in [2.45, 2.75) is 30.9 Å². The van der Waals surface area contributed by atoms with E-state index in [1.807, 2.05) is 13.8 Å². The van der Waals surface area contributed by atoms with Crippen molar-refractivity contribution in [3.8, 4) is 0 Å². The second kappa shape index (κ2) is 6.64. The van der Waals surface area contributed by atoms with Gasteiger partial charge in [0.25, 0.3) is 0 Å². The molecule has 100 valence electrons. The molecule has 0 aliphatic carbocycles. The van der Waals surface area contributed by atoms with Crippen LogP contribution >= 0.6 is 0 Å². The van der Waals surface area contributed by atoms with Gasteiger partial charge in [0.15, 0.2) is 0 Å². The molecule has 3 nitrogen and oxygen atoms in total. The predicted molar refractivity (Wildman–Crippen MR) is 70.1 cm³/mol. The van der Waals surface area contributed by atoms with Crippen molar-refractivity contribution >= 4 is 16.7 Å². The van der Waals surface area contributed by atoms with Gasteiger partial charge in [0, 0.05) is 11.4 Å². The number of amides is 1. The fraction of sp³-hybridized carbons (Fsp3) is 0.462. The van der Waals surface area contributed by atoms with Gasteiger partial charge in [0.2, 0.25) is 5.91 Å². The SMILES string of the molecule is CC(C)CNC(=O)C(C)S(=O)c1ccc(F)cc1. The van der Waals surface area contributed by atoms with Crippen LogP contribution in [0.25, 0.3) is 0 Å². The van der Waals surface area contributed by atoms with Crippen molar-refractivity contribution < 1.29 is 13.4 Å². The number of carbonyl (C=O) groups excluding carboxylic acids is 1. The second-order valence-electron chi connectivity index (χ2n) is 4.53. The summed E-state index contributed by atoms with van der Waals surface area (Å²) in [6.07, 6.45) is 0. The van der Waals surface area contributed by atoms with Crippen LogP contribution in [0.4, 0.5) is 4.39 Å². The van der Waals surface area contributed by atoms with Crippen LogP contribution in [0.1, 0.15) is 20.8 Å². The summed E-state index contributed by atoms with van der Waals surface area (Å²) in [5, 5.41) is 2.09. The monoisotopic (exact) mass is 271 g/mol. The molecule has 1 amide bonds. The first-order chi connectivity index (χ1) is 8.41. The lowest BCUT2D eigenvalue weighted by molar-refractivity contribution is -0.120. The number of hydrogen-bond donors (Lipinski definition) is 1. The fourth-order valence-corrected chi connectivity index (χ4v) is 2.41. The average molecular weight is 271 g/mol. The second-order valence-corrected chi connectivity index (χ2v) is 6.31. The van der Waals surface area contributed by atoms with E-state index < -0.39 is 16.0 Å². The zero-order valence-electron chi connectivity index (χ0n) is 10.8. The molecule has 0 aliphatic heterocycles. The first-order valence-corrected chi connectivity index (χ1v) is 7.07. The van der Waals surface area contributed by atoms with E-state index in [9.17, 15) is 13.4 Å². The van der Waals surface area contributed by atoms with E-state index >= 15 is 0 Å². The van der Waals surface area contributed by atoms with Gasteiger partial charge in [-0.1, -0.05) is 13.8 Å². The van der Waals surface area contributed by atoms with Gasteiger partial charge in [-0.15, -0.1) is 0 Å². The molecule has 0 heterocycles. The van der Waals surface area contributed by atoms with Crippen LogP contribution < -0.4 is 5.32 Å². The lowest BCUT2D eigenvalue weighted by Gasteiger charge is -2.13. The summed E-state index contributed by atoms with van der Waals surface area (Å²) in [5.41, 5.74) is 0. The van der Waals surface area contributed by atoms with Crippen LogP contribution in [0, 0.1) is 11.7 Å². The molecule has 0 fully saturated rings. The summed E-state index contributed by atoms with van der Waals surface area (Å²) in [6, 6.07) is 5.37. The maximum Gasteiger partial charge on any atom is 0.235 e. The lowest BCUT2D eigenvalue weighted by atomic mass is 10.2. The Balaban J connectivity index is 2.66. The minimum atomic E-state index is -1.46. The third kappa shape index (κ3) is 4.22. The Morgan fingerprint density at radius 1 is 1.28 bits per heavy atom. The van der Waals surface area contributed by atoms with Crippen LogP contribution in [0.3, 0.4) is 0 Å². The summed E-state index contributed by atoms with van der Waals surface area (Å²) in [5.74, 6) is -0.278. The van der Waals surface area contributed by atoms with Crippen molar-refractivity contribution in [2.24, 2.45) is 5.92 Å². The third-order valence-electron chi connectivity index (χ3n) is 2.42. The maximum atomic E-state index is 12.7. The van der Waals surface area contributed by atoms with Crippen molar-refractivity contribution in [1.29, 1.82) is 0 Å². The van der Waals surface area contributed by atoms with Crippen molar-refractivity contribution in [2.75, 3.05) is 6.54 Å². The molecule has 0 saturated heterocycles. The average Bonchev–Trinajstić information content (AvgIpc) is 2.35. The third-order valence-corrected chi connectivity index (χ3v) is 4.01. The molecule has 0 spiro atoms. The molecule has 5 heteroatoms. The Labute approximate surface area is 109 Å². The van der Waals surface area contributed by atoms with Gasteiger partial charge in [-0.3, -0.25) is 9.00 Å². The van der Waals surface area contributed by atoms with Crippen molar-refractivity contribution in [3.63, 3.8) is 0 Å². The molecule has 1 aromatic rings. The fourth-order valence-electron chi connectivity index (χ4n) is 1.32. The summed E-state index contributed by atoms with van der Waals surface area (Å²) < 4.78 is 24.8. The number of hydrogen-bond acceptors (Lipinski definition) is 2. The van der Waals surface area contributed by atoms with Gasteiger partial charge >= 0.3 is 0 Å². The number of nitrogens with one attached hydrogen (secondary N) is 1. The van der Waals surface area contributed by atoms with Crippen LogP contribution in [0.5, 0.6) is 0 Å². The van der Waals surface area contributed by atoms with Gasteiger partial charge in [-0.05, 0) is 37.1 Å². The molecule has 0 aliphatic rings. The van der Waals surface area contributed by atoms with Gasteiger partial charge in [0.05, 0.1) is 10.8 Å². The molecule has 1 N–H and O–H groups in total. The largest absolute Gasteiger partial charge is 0.355 e. The molecule has 18 heavy (non-hydrogen) atoms. The predicted octanol–water partition coefficient (Wildman–Crippen LogP) is 2.09. The number of rotatable bonds is 5. The molecule has 0 bridgehead atoms. The van der Waals surface area contributed by atoms with Crippen molar-refractivity contribution in [1.82, 2.24) is 5.32 Å². The number of carbonyl (C=O) groups is 1. The molecule has 0 radical (unpaired) electrons. The van der Waals surface area contributed by atoms with Crippen LogP contribution in [-0.4, -0.2) is 21.9 Å². The van der Waals surface area contributed by atoms with Gasteiger partial charge in [-0.25, -0.2) is 4.39 Å². The lowest BCUT2D eigenvalue weighted by Crippen LogP contribution is -2.37. The smallest absolute Gasteiger partial charge is 0.235 e.